The highest BCUT2D eigenvalue weighted by molar-refractivity contribution is 5.75. The maximum Gasteiger partial charge on any atom is 0.314 e. The number of halogens is 1. The molecule has 0 aliphatic heterocycles. The number of hydrogen-bond acceptors (Lipinski definition) is 3. The van der Waals surface area contributed by atoms with Gasteiger partial charge in [-0.1, -0.05) is 6.08 Å². The molecule has 0 bridgehead atoms. The summed E-state index contributed by atoms with van der Waals surface area (Å²) < 4.78 is 18.7. The summed E-state index contributed by atoms with van der Waals surface area (Å²) in [5.41, 5.74) is -0.0532. The van der Waals surface area contributed by atoms with Crippen molar-refractivity contribution in [2.24, 2.45) is 11.8 Å². The van der Waals surface area contributed by atoms with Crippen molar-refractivity contribution in [2.45, 2.75) is 38.5 Å². The van der Waals surface area contributed by atoms with E-state index in [2.05, 4.69) is 6.58 Å². The number of ether oxygens (including phenoxy) is 1. The molecular formula is C18H20FNO2. The SMILES string of the molecule is C=CCC[C@H]1CC[C@H](C(=O)Oc2ccc(C#N)c(F)c2)CC1. The molecule has 0 unspecified atom stereocenters. The lowest BCUT2D eigenvalue weighted by molar-refractivity contribution is -0.140. The van der Waals surface area contributed by atoms with Crippen molar-refractivity contribution < 1.29 is 13.9 Å². The summed E-state index contributed by atoms with van der Waals surface area (Å²) in [5, 5.41) is 8.68. The van der Waals surface area contributed by atoms with Crippen LogP contribution in [0.3, 0.4) is 0 Å². The van der Waals surface area contributed by atoms with Gasteiger partial charge in [0, 0.05) is 6.07 Å². The van der Waals surface area contributed by atoms with Crippen LogP contribution in [0, 0.1) is 29.0 Å². The molecule has 0 N–H and O–H groups in total. The van der Waals surface area contributed by atoms with Crippen LogP contribution < -0.4 is 4.74 Å². The first-order valence-corrected chi connectivity index (χ1v) is 7.66. The number of esters is 1. The summed E-state index contributed by atoms with van der Waals surface area (Å²) in [6.07, 6.45) is 7.76. The van der Waals surface area contributed by atoms with E-state index >= 15 is 0 Å². The van der Waals surface area contributed by atoms with E-state index < -0.39 is 5.82 Å². The van der Waals surface area contributed by atoms with E-state index in [1.807, 2.05) is 6.08 Å². The number of nitrogens with zero attached hydrogens (tertiary/aromatic N) is 1. The highest BCUT2D eigenvalue weighted by Gasteiger charge is 2.27. The zero-order valence-corrected chi connectivity index (χ0v) is 12.6. The minimum Gasteiger partial charge on any atom is -0.426 e. The Morgan fingerprint density at radius 1 is 1.41 bits per heavy atom. The normalized spacial score (nSPS) is 20.9. The van der Waals surface area contributed by atoms with Gasteiger partial charge < -0.3 is 4.74 Å². The lowest BCUT2D eigenvalue weighted by atomic mass is 9.80. The lowest BCUT2D eigenvalue weighted by Gasteiger charge is -2.26. The molecule has 1 aliphatic rings. The number of carbonyl (C=O) groups is 1. The average molecular weight is 301 g/mol. The van der Waals surface area contributed by atoms with Crippen molar-refractivity contribution in [3.05, 3.63) is 42.2 Å². The molecule has 1 fully saturated rings. The van der Waals surface area contributed by atoms with Gasteiger partial charge in [-0.2, -0.15) is 5.26 Å². The maximum absolute atomic E-state index is 13.5. The molecule has 0 atom stereocenters. The summed E-state index contributed by atoms with van der Waals surface area (Å²) in [7, 11) is 0. The van der Waals surface area contributed by atoms with Gasteiger partial charge in [-0.15, -0.1) is 6.58 Å². The molecule has 0 amide bonds. The first kappa shape index (κ1) is 16.2. The monoisotopic (exact) mass is 301 g/mol. The standard InChI is InChI=1S/C18H20FNO2/c1-2-3-4-13-5-7-14(8-6-13)18(21)22-16-10-9-15(12-20)17(19)11-16/h2,9-11,13-14H,1,3-8H2/t13-,14-. The average Bonchev–Trinajstić information content (AvgIpc) is 2.53. The second kappa shape index (κ2) is 7.74. The van der Waals surface area contributed by atoms with Crippen molar-refractivity contribution in [3.8, 4) is 11.8 Å². The van der Waals surface area contributed by atoms with E-state index in [1.54, 1.807) is 6.07 Å². The molecule has 2 rings (SSSR count). The third kappa shape index (κ3) is 4.17. The van der Waals surface area contributed by atoms with E-state index in [4.69, 9.17) is 10.00 Å². The van der Waals surface area contributed by atoms with Gasteiger partial charge in [-0.3, -0.25) is 4.79 Å². The fourth-order valence-corrected chi connectivity index (χ4v) is 2.89. The largest absolute Gasteiger partial charge is 0.426 e. The number of carbonyl (C=O) groups excluding carboxylic acids is 1. The summed E-state index contributed by atoms with van der Waals surface area (Å²) in [5.74, 6) is -0.254. The topological polar surface area (TPSA) is 50.1 Å². The Morgan fingerprint density at radius 3 is 2.73 bits per heavy atom. The molecule has 22 heavy (non-hydrogen) atoms. The zero-order valence-electron chi connectivity index (χ0n) is 12.6. The van der Waals surface area contributed by atoms with Crippen LogP contribution in [0.4, 0.5) is 4.39 Å². The van der Waals surface area contributed by atoms with Crippen LogP contribution in [0.2, 0.25) is 0 Å². The summed E-state index contributed by atoms with van der Waals surface area (Å²) in [4.78, 5) is 12.1. The van der Waals surface area contributed by atoms with Gasteiger partial charge in [-0.25, -0.2) is 4.39 Å². The van der Waals surface area contributed by atoms with E-state index in [-0.39, 0.29) is 23.2 Å². The van der Waals surface area contributed by atoms with Crippen molar-refractivity contribution in [2.75, 3.05) is 0 Å². The van der Waals surface area contributed by atoms with Crippen molar-refractivity contribution in [1.82, 2.24) is 0 Å². The quantitative estimate of drug-likeness (QED) is 0.461. The van der Waals surface area contributed by atoms with Crippen LogP contribution in [0.25, 0.3) is 0 Å². The van der Waals surface area contributed by atoms with Gasteiger partial charge in [-0.05, 0) is 56.6 Å². The molecule has 1 saturated carbocycles. The lowest BCUT2D eigenvalue weighted by Crippen LogP contribution is -2.25. The van der Waals surface area contributed by atoms with Crippen LogP contribution in [-0.2, 0) is 4.79 Å². The fraction of sp³-hybridized carbons (Fsp3) is 0.444. The minimum absolute atomic E-state index is 0.0532. The number of hydrogen-bond donors (Lipinski definition) is 0. The zero-order chi connectivity index (χ0) is 15.9. The second-order valence-corrected chi connectivity index (χ2v) is 5.76. The van der Waals surface area contributed by atoms with E-state index in [0.29, 0.717) is 5.92 Å². The summed E-state index contributed by atoms with van der Waals surface area (Å²) >= 11 is 0. The van der Waals surface area contributed by atoms with Gasteiger partial charge in [0.25, 0.3) is 0 Å². The molecule has 1 aromatic rings. The van der Waals surface area contributed by atoms with Crippen LogP contribution in [0.15, 0.2) is 30.9 Å². The highest BCUT2D eigenvalue weighted by atomic mass is 19.1. The first-order valence-electron chi connectivity index (χ1n) is 7.66. The first-order chi connectivity index (χ1) is 10.6. The molecule has 0 saturated heterocycles. The van der Waals surface area contributed by atoms with Crippen molar-refractivity contribution in [3.63, 3.8) is 0 Å². The Kier molecular flexibility index (Phi) is 5.71. The van der Waals surface area contributed by atoms with Crippen LogP contribution in [0.1, 0.15) is 44.1 Å². The second-order valence-electron chi connectivity index (χ2n) is 5.76. The van der Waals surface area contributed by atoms with Crippen LogP contribution in [-0.4, -0.2) is 5.97 Å². The smallest absolute Gasteiger partial charge is 0.314 e. The maximum atomic E-state index is 13.5. The Balaban J connectivity index is 1.87. The molecule has 0 spiro atoms. The minimum atomic E-state index is -0.666. The Bertz CT molecular complexity index is 583. The Labute approximate surface area is 130 Å². The molecule has 0 aromatic heterocycles. The molecule has 3 nitrogen and oxygen atoms in total. The molecule has 116 valence electrons. The molecule has 0 heterocycles. The third-order valence-electron chi connectivity index (χ3n) is 4.24. The fourth-order valence-electron chi connectivity index (χ4n) is 2.89. The molecule has 0 radical (unpaired) electrons. The van der Waals surface area contributed by atoms with Crippen molar-refractivity contribution >= 4 is 5.97 Å². The molecule has 4 heteroatoms. The van der Waals surface area contributed by atoms with Crippen LogP contribution >= 0.6 is 0 Å². The third-order valence-corrected chi connectivity index (χ3v) is 4.24. The van der Waals surface area contributed by atoms with E-state index in [0.717, 1.165) is 44.6 Å². The van der Waals surface area contributed by atoms with Crippen LogP contribution in [0.5, 0.6) is 5.75 Å². The summed E-state index contributed by atoms with van der Waals surface area (Å²) in [6, 6.07) is 5.60. The van der Waals surface area contributed by atoms with Gasteiger partial charge in [0.15, 0.2) is 0 Å². The number of benzene rings is 1. The van der Waals surface area contributed by atoms with Gasteiger partial charge in [0.1, 0.15) is 17.6 Å². The molecule has 1 aromatic carbocycles. The number of allylic oxidation sites excluding steroid dienone is 1. The van der Waals surface area contributed by atoms with Gasteiger partial charge in [0.05, 0.1) is 11.5 Å². The van der Waals surface area contributed by atoms with E-state index in [1.165, 1.54) is 12.1 Å². The predicted octanol–water partition coefficient (Wildman–Crippen LogP) is 4.38. The highest BCUT2D eigenvalue weighted by Crippen LogP contribution is 2.32. The number of rotatable bonds is 5. The Hall–Kier alpha value is -2.15. The van der Waals surface area contributed by atoms with Crippen molar-refractivity contribution in [1.29, 1.82) is 5.26 Å². The van der Waals surface area contributed by atoms with Gasteiger partial charge >= 0.3 is 5.97 Å². The summed E-state index contributed by atoms with van der Waals surface area (Å²) in [6.45, 7) is 3.73. The van der Waals surface area contributed by atoms with Gasteiger partial charge in [0.2, 0.25) is 0 Å². The van der Waals surface area contributed by atoms with E-state index in [9.17, 15) is 9.18 Å². The number of nitriles is 1. The predicted molar refractivity (Wildman–Crippen MR) is 81.6 cm³/mol. The molecular weight excluding hydrogens is 281 g/mol. The Morgan fingerprint density at radius 2 is 2.14 bits per heavy atom. The molecule has 1 aliphatic carbocycles.